The van der Waals surface area contributed by atoms with E-state index >= 15 is 0 Å². The Hall–Kier alpha value is -3.64. The molecule has 3 aromatic carbocycles. The second-order valence-electron chi connectivity index (χ2n) is 7.29. The van der Waals surface area contributed by atoms with E-state index in [1.165, 1.54) is 5.56 Å². The molecule has 0 spiro atoms. The van der Waals surface area contributed by atoms with Crippen LogP contribution in [0, 0.1) is 13.8 Å². The molecule has 0 saturated carbocycles. The molecule has 0 radical (unpaired) electrons. The third-order valence-electron chi connectivity index (χ3n) is 5.05. The molecule has 0 saturated heterocycles. The van der Waals surface area contributed by atoms with Crippen LogP contribution in [-0.4, -0.2) is 18.3 Å². The van der Waals surface area contributed by atoms with Gasteiger partial charge in [0.2, 0.25) is 5.13 Å². The first kappa shape index (κ1) is 21.6. The van der Waals surface area contributed by atoms with E-state index < -0.39 is 0 Å². The van der Waals surface area contributed by atoms with Crippen molar-refractivity contribution in [1.82, 2.24) is 4.98 Å². The van der Waals surface area contributed by atoms with E-state index in [1.807, 2.05) is 48.5 Å². The van der Waals surface area contributed by atoms with E-state index in [2.05, 4.69) is 53.6 Å². The molecular weight excluding hydrogens is 418 g/mol. The average Bonchev–Trinajstić information content (AvgIpc) is 3.19. The van der Waals surface area contributed by atoms with E-state index in [1.54, 1.807) is 24.7 Å². The summed E-state index contributed by atoms with van der Waals surface area (Å²) in [6.45, 7) is 4.63. The maximum atomic E-state index is 5.99. The normalized spacial score (nSPS) is 11.0. The van der Waals surface area contributed by atoms with Crippen molar-refractivity contribution in [3.8, 4) is 22.8 Å². The van der Waals surface area contributed by atoms with Gasteiger partial charge in [-0.15, -0.1) is 11.3 Å². The Morgan fingerprint density at radius 2 is 1.75 bits per heavy atom. The SMILES string of the molecule is COc1cc(/C=N/Nc2nc(-c3ccccc3)c(C)s2)ccc1OCc1ccccc1C. The highest BCUT2D eigenvalue weighted by atomic mass is 32.1. The zero-order valence-corrected chi connectivity index (χ0v) is 19.1. The summed E-state index contributed by atoms with van der Waals surface area (Å²) in [6, 6.07) is 24.1. The number of methoxy groups -OCH3 is 1. The fraction of sp³-hybridized carbons (Fsp3) is 0.154. The van der Waals surface area contributed by atoms with Crippen LogP contribution in [0.15, 0.2) is 77.9 Å². The van der Waals surface area contributed by atoms with Crippen LogP contribution >= 0.6 is 11.3 Å². The van der Waals surface area contributed by atoms with Crippen molar-refractivity contribution in [2.24, 2.45) is 5.10 Å². The highest BCUT2D eigenvalue weighted by molar-refractivity contribution is 7.15. The fourth-order valence-corrected chi connectivity index (χ4v) is 4.07. The number of anilines is 1. The molecule has 0 amide bonds. The highest BCUT2D eigenvalue weighted by Crippen LogP contribution is 2.31. The first-order valence-corrected chi connectivity index (χ1v) is 11.1. The predicted octanol–water partition coefficient (Wildman–Crippen LogP) is 6.46. The van der Waals surface area contributed by atoms with Gasteiger partial charge in [0, 0.05) is 10.4 Å². The molecule has 0 aliphatic carbocycles. The minimum atomic E-state index is 0.491. The van der Waals surface area contributed by atoms with Gasteiger partial charge in [-0.1, -0.05) is 54.6 Å². The minimum Gasteiger partial charge on any atom is -0.493 e. The topological polar surface area (TPSA) is 55.7 Å². The third kappa shape index (κ3) is 5.15. The summed E-state index contributed by atoms with van der Waals surface area (Å²) in [5, 5.41) is 5.10. The van der Waals surface area contributed by atoms with Crippen LogP contribution in [0.2, 0.25) is 0 Å². The fourth-order valence-electron chi connectivity index (χ4n) is 3.28. The van der Waals surface area contributed by atoms with Crippen molar-refractivity contribution in [2.75, 3.05) is 12.5 Å². The Morgan fingerprint density at radius 3 is 2.53 bits per heavy atom. The molecule has 0 unspecified atom stereocenters. The minimum absolute atomic E-state index is 0.491. The summed E-state index contributed by atoms with van der Waals surface area (Å²) in [7, 11) is 1.64. The maximum Gasteiger partial charge on any atom is 0.204 e. The van der Waals surface area contributed by atoms with Crippen LogP contribution in [0.4, 0.5) is 5.13 Å². The van der Waals surface area contributed by atoms with Crippen molar-refractivity contribution in [3.05, 3.63) is 94.4 Å². The van der Waals surface area contributed by atoms with E-state index in [-0.39, 0.29) is 0 Å². The predicted molar refractivity (Wildman–Crippen MR) is 132 cm³/mol. The molecule has 0 fully saturated rings. The molecule has 0 bridgehead atoms. The number of rotatable bonds is 8. The molecule has 1 aromatic heterocycles. The van der Waals surface area contributed by atoms with Crippen LogP contribution in [-0.2, 0) is 6.61 Å². The first-order chi connectivity index (χ1) is 15.6. The molecular formula is C26H25N3O2S. The molecule has 162 valence electrons. The van der Waals surface area contributed by atoms with Gasteiger partial charge in [0.1, 0.15) is 6.61 Å². The van der Waals surface area contributed by atoms with Crippen LogP contribution in [0.5, 0.6) is 11.5 Å². The van der Waals surface area contributed by atoms with E-state index in [0.717, 1.165) is 32.4 Å². The van der Waals surface area contributed by atoms with Gasteiger partial charge in [-0.25, -0.2) is 4.98 Å². The number of hydrogen-bond acceptors (Lipinski definition) is 6. The standard InChI is InChI=1S/C26H25N3O2S/c1-18-9-7-8-12-22(18)17-31-23-14-13-20(15-24(23)30-3)16-27-29-26-28-25(19(2)32-26)21-10-5-4-6-11-21/h4-16H,17H2,1-3H3,(H,28,29)/b27-16+. The van der Waals surface area contributed by atoms with Crippen molar-refractivity contribution < 1.29 is 9.47 Å². The molecule has 0 aliphatic rings. The summed E-state index contributed by atoms with van der Waals surface area (Å²) in [5.41, 5.74) is 8.36. The van der Waals surface area contributed by atoms with Crippen molar-refractivity contribution in [2.45, 2.75) is 20.5 Å². The van der Waals surface area contributed by atoms with Crippen LogP contribution in [0.1, 0.15) is 21.6 Å². The Bertz CT molecular complexity index is 1220. The molecule has 4 aromatic rings. The van der Waals surface area contributed by atoms with Gasteiger partial charge in [-0.05, 0) is 48.7 Å². The molecule has 0 aliphatic heterocycles. The number of thiazole rings is 1. The van der Waals surface area contributed by atoms with Crippen molar-refractivity contribution in [1.29, 1.82) is 0 Å². The second-order valence-corrected chi connectivity index (χ2v) is 8.49. The summed E-state index contributed by atoms with van der Waals surface area (Å²) in [6.07, 6.45) is 1.74. The smallest absolute Gasteiger partial charge is 0.204 e. The number of hydrogen-bond donors (Lipinski definition) is 1. The Balaban J connectivity index is 1.42. The second kappa shape index (κ2) is 10.1. The molecule has 32 heavy (non-hydrogen) atoms. The average molecular weight is 444 g/mol. The van der Waals surface area contributed by atoms with Crippen LogP contribution in [0.3, 0.4) is 0 Å². The quantitative estimate of drug-likeness (QED) is 0.251. The largest absolute Gasteiger partial charge is 0.493 e. The van der Waals surface area contributed by atoms with E-state index in [9.17, 15) is 0 Å². The summed E-state index contributed by atoms with van der Waals surface area (Å²) in [4.78, 5) is 5.81. The van der Waals surface area contributed by atoms with E-state index in [0.29, 0.717) is 18.1 Å². The number of hydrazone groups is 1. The number of nitrogens with zero attached hydrogens (tertiary/aromatic N) is 2. The lowest BCUT2D eigenvalue weighted by Crippen LogP contribution is -2.00. The first-order valence-electron chi connectivity index (χ1n) is 10.3. The van der Waals surface area contributed by atoms with E-state index in [4.69, 9.17) is 9.47 Å². The van der Waals surface area contributed by atoms with Crippen molar-refractivity contribution >= 4 is 22.7 Å². The van der Waals surface area contributed by atoms with Crippen LogP contribution < -0.4 is 14.9 Å². The van der Waals surface area contributed by atoms with Crippen LogP contribution in [0.25, 0.3) is 11.3 Å². The van der Waals surface area contributed by atoms with Gasteiger partial charge < -0.3 is 9.47 Å². The van der Waals surface area contributed by atoms with Crippen molar-refractivity contribution in [3.63, 3.8) is 0 Å². The summed E-state index contributed by atoms with van der Waals surface area (Å²) < 4.78 is 11.5. The number of nitrogens with one attached hydrogen (secondary N) is 1. The Morgan fingerprint density at radius 1 is 0.969 bits per heavy atom. The molecule has 0 atom stereocenters. The zero-order valence-electron chi connectivity index (χ0n) is 18.3. The monoisotopic (exact) mass is 443 g/mol. The van der Waals surface area contributed by atoms with Gasteiger partial charge in [0.25, 0.3) is 0 Å². The molecule has 6 heteroatoms. The number of ether oxygens (including phenoxy) is 2. The molecule has 5 nitrogen and oxygen atoms in total. The van der Waals surface area contributed by atoms with Gasteiger partial charge in [0.05, 0.1) is 19.0 Å². The number of aromatic nitrogens is 1. The summed E-state index contributed by atoms with van der Waals surface area (Å²) in [5.74, 6) is 1.36. The highest BCUT2D eigenvalue weighted by Gasteiger charge is 2.09. The summed E-state index contributed by atoms with van der Waals surface area (Å²) >= 11 is 1.58. The maximum absolute atomic E-state index is 5.99. The van der Waals surface area contributed by atoms with Gasteiger partial charge in [-0.3, -0.25) is 5.43 Å². The zero-order chi connectivity index (χ0) is 22.3. The molecule has 1 heterocycles. The lowest BCUT2D eigenvalue weighted by Gasteiger charge is -2.12. The van der Waals surface area contributed by atoms with Gasteiger partial charge >= 0.3 is 0 Å². The Kier molecular flexibility index (Phi) is 6.82. The molecule has 4 rings (SSSR count). The number of aryl methyl sites for hydroxylation is 2. The lowest BCUT2D eigenvalue weighted by atomic mass is 10.1. The molecule has 1 N–H and O–H groups in total. The van der Waals surface area contributed by atoms with Gasteiger partial charge in [0.15, 0.2) is 11.5 Å². The number of benzene rings is 3. The Labute approximate surface area is 192 Å². The van der Waals surface area contributed by atoms with Gasteiger partial charge in [-0.2, -0.15) is 5.10 Å². The third-order valence-corrected chi connectivity index (χ3v) is 5.93. The lowest BCUT2D eigenvalue weighted by molar-refractivity contribution is 0.284.